The molecule has 0 spiro atoms. The Hall–Kier alpha value is -2.36. The van der Waals surface area contributed by atoms with Gasteiger partial charge in [0.1, 0.15) is 24.5 Å². The third kappa shape index (κ3) is 3.58. The van der Waals surface area contributed by atoms with Crippen LogP contribution in [0.1, 0.15) is 30.4 Å². The van der Waals surface area contributed by atoms with Gasteiger partial charge in [-0.15, -0.1) is 15.3 Å². The van der Waals surface area contributed by atoms with E-state index in [0.717, 1.165) is 37.6 Å². The van der Waals surface area contributed by atoms with Crippen LogP contribution in [-0.2, 0) is 24.9 Å². The van der Waals surface area contributed by atoms with Gasteiger partial charge in [-0.25, -0.2) is 4.68 Å². The van der Waals surface area contributed by atoms with E-state index in [1.165, 1.54) is 11.0 Å². The lowest BCUT2D eigenvalue weighted by Gasteiger charge is -2.32. The monoisotopic (exact) mass is 333 g/mol. The largest absolute Gasteiger partial charge is 0.340 e. The van der Waals surface area contributed by atoms with Crippen LogP contribution in [0.5, 0.6) is 0 Å². The van der Waals surface area contributed by atoms with E-state index < -0.39 is 0 Å². The fourth-order valence-electron chi connectivity index (χ4n) is 3.06. The molecule has 130 valence electrons. The molecular weight excluding hydrogens is 310 g/mol. The quantitative estimate of drug-likeness (QED) is 0.711. The molecule has 0 aliphatic carbocycles. The van der Waals surface area contributed by atoms with Gasteiger partial charge < -0.3 is 14.4 Å². The van der Waals surface area contributed by atoms with Crippen molar-refractivity contribution in [2.24, 2.45) is 7.05 Å². The Morgan fingerprint density at radius 3 is 2.92 bits per heavy atom. The number of likely N-dealkylation sites (tertiary alicyclic amines) is 1. The second kappa shape index (κ2) is 7.04. The van der Waals surface area contributed by atoms with Crippen molar-refractivity contribution in [2.75, 3.05) is 27.2 Å². The van der Waals surface area contributed by atoms with E-state index in [2.05, 4.69) is 35.2 Å². The second-order valence-corrected chi connectivity index (χ2v) is 6.46. The maximum absolute atomic E-state index is 12.4. The van der Waals surface area contributed by atoms with Crippen LogP contribution in [0.2, 0.25) is 0 Å². The van der Waals surface area contributed by atoms with Crippen molar-refractivity contribution in [1.29, 1.82) is 0 Å². The van der Waals surface area contributed by atoms with Gasteiger partial charge in [0.05, 0.1) is 6.54 Å². The highest BCUT2D eigenvalue weighted by atomic mass is 16.2. The van der Waals surface area contributed by atoms with Gasteiger partial charge in [0, 0.05) is 26.1 Å². The zero-order chi connectivity index (χ0) is 17.1. The first-order valence-electron chi connectivity index (χ1n) is 8.06. The maximum atomic E-state index is 12.4. The SMILES string of the molecule is CN(C)Cc1nnc(C2CCCN(C(=O)Cn3cnnn3)C2)n1C. The molecule has 10 nitrogen and oxygen atoms in total. The van der Waals surface area contributed by atoms with Crippen molar-refractivity contribution < 1.29 is 4.79 Å². The summed E-state index contributed by atoms with van der Waals surface area (Å²) >= 11 is 0. The average Bonchev–Trinajstić information content (AvgIpc) is 3.18. The average molecular weight is 333 g/mol. The van der Waals surface area contributed by atoms with E-state index in [-0.39, 0.29) is 18.4 Å². The number of carbonyl (C=O) groups excluding carboxylic acids is 1. The Bertz CT molecular complexity index is 678. The first-order chi connectivity index (χ1) is 11.5. The Morgan fingerprint density at radius 1 is 1.38 bits per heavy atom. The highest BCUT2D eigenvalue weighted by Crippen LogP contribution is 2.26. The summed E-state index contributed by atoms with van der Waals surface area (Å²) in [5.74, 6) is 2.13. The molecule has 1 saturated heterocycles. The number of hydrogen-bond donors (Lipinski definition) is 0. The molecule has 2 aromatic heterocycles. The number of nitrogens with zero attached hydrogens (tertiary/aromatic N) is 9. The molecule has 3 heterocycles. The number of carbonyl (C=O) groups is 1. The van der Waals surface area contributed by atoms with Gasteiger partial charge in [0.25, 0.3) is 0 Å². The predicted molar refractivity (Wildman–Crippen MR) is 84.8 cm³/mol. The normalized spacial score (nSPS) is 18.3. The molecule has 0 aromatic carbocycles. The summed E-state index contributed by atoms with van der Waals surface area (Å²) < 4.78 is 3.50. The standard InChI is InChI=1S/C14H23N9O/c1-20(2)8-12-16-17-14(21(12)3)11-5-4-6-22(7-11)13(24)9-23-10-15-18-19-23/h10-11H,4-9H2,1-3H3. The Kier molecular flexibility index (Phi) is 4.84. The van der Waals surface area contributed by atoms with Crippen LogP contribution in [0.3, 0.4) is 0 Å². The van der Waals surface area contributed by atoms with Crippen molar-refractivity contribution >= 4 is 5.91 Å². The third-order valence-electron chi connectivity index (χ3n) is 4.28. The maximum Gasteiger partial charge on any atom is 0.244 e. The molecule has 2 aromatic rings. The fourth-order valence-corrected chi connectivity index (χ4v) is 3.06. The molecule has 0 N–H and O–H groups in total. The molecule has 1 amide bonds. The number of amides is 1. The summed E-state index contributed by atoms with van der Waals surface area (Å²) in [6.07, 6.45) is 3.43. The molecule has 1 fully saturated rings. The molecule has 1 aliphatic heterocycles. The summed E-state index contributed by atoms with van der Waals surface area (Å²) in [6, 6.07) is 0. The summed E-state index contributed by atoms with van der Waals surface area (Å²) in [6.45, 7) is 2.34. The highest BCUT2D eigenvalue weighted by molar-refractivity contribution is 5.76. The van der Waals surface area contributed by atoms with Crippen LogP contribution < -0.4 is 0 Å². The number of tetrazole rings is 1. The Morgan fingerprint density at radius 2 is 2.21 bits per heavy atom. The zero-order valence-electron chi connectivity index (χ0n) is 14.3. The molecule has 24 heavy (non-hydrogen) atoms. The lowest BCUT2D eigenvalue weighted by atomic mass is 9.97. The first-order valence-corrected chi connectivity index (χ1v) is 8.06. The molecule has 0 radical (unpaired) electrons. The third-order valence-corrected chi connectivity index (χ3v) is 4.28. The Labute approximate surface area is 140 Å². The van der Waals surface area contributed by atoms with Crippen LogP contribution in [0, 0.1) is 0 Å². The van der Waals surface area contributed by atoms with Gasteiger partial charge in [0.15, 0.2) is 0 Å². The fraction of sp³-hybridized carbons (Fsp3) is 0.714. The summed E-state index contributed by atoms with van der Waals surface area (Å²) in [7, 11) is 6.01. The van der Waals surface area contributed by atoms with Gasteiger partial charge in [0.2, 0.25) is 5.91 Å². The van der Waals surface area contributed by atoms with Gasteiger partial charge in [-0.1, -0.05) is 0 Å². The van der Waals surface area contributed by atoms with E-state index in [9.17, 15) is 4.79 Å². The molecule has 1 atom stereocenters. The van der Waals surface area contributed by atoms with Crippen LogP contribution in [0.15, 0.2) is 6.33 Å². The van der Waals surface area contributed by atoms with Crippen LogP contribution >= 0.6 is 0 Å². The second-order valence-electron chi connectivity index (χ2n) is 6.46. The van der Waals surface area contributed by atoms with Crippen LogP contribution in [-0.4, -0.2) is 77.9 Å². The predicted octanol–water partition coefficient (Wildman–Crippen LogP) is -0.731. The minimum atomic E-state index is 0.0303. The van der Waals surface area contributed by atoms with Crippen molar-refractivity contribution in [3.63, 3.8) is 0 Å². The molecular formula is C14H23N9O. The van der Waals surface area contributed by atoms with Crippen molar-refractivity contribution in [3.8, 4) is 0 Å². The number of piperidine rings is 1. The van der Waals surface area contributed by atoms with Crippen molar-refractivity contribution in [3.05, 3.63) is 18.0 Å². The lowest BCUT2D eigenvalue weighted by molar-refractivity contribution is -0.133. The number of rotatable bonds is 5. The van der Waals surface area contributed by atoms with Gasteiger partial charge in [-0.3, -0.25) is 4.79 Å². The molecule has 10 heteroatoms. The smallest absolute Gasteiger partial charge is 0.244 e. The molecule has 1 unspecified atom stereocenters. The van der Waals surface area contributed by atoms with Crippen LogP contribution in [0.4, 0.5) is 0 Å². The number of hydrogen-bond acceptors (Lipinski definition) is 7. The topological polar surface area (TPSA) is 97.9 Å². The van der Waals surface area contributed by atoms with Gasteiger partial charge in [-0.05, 0) is 37.4 Å². The summed E-state index contributed by atoms with van der Waals surface area (Å²) in [4.78, 5) is 16.4. The van der Waals surface area contributed by atoms with E-state index >= 15 is 0 Å². The highest BCUT2D eigenvalue weighted by Gasteiger charge is 2.28. The summed E-state index contributed by atoms with van der Waals surface area (Å²) in [5, 5.41) is 19.5. The molecule has 3 rings (SSSR count). The molecule has 0 bridgehead atoms. The van der Waals surface area contributed by atoms with Gasteiger partial charge >= 0.3 is 0 Å². The van der Waals surface area contributed by atoms with Crippen molar-refractivity contribution in [1.82, 2.24) is 44.8 Å². The minimum absolute atomic E-state index is 0.0303. The first kappa shape index (κ1) is 16.5. The van der Waals surface area contributed by atoms with E-state index in [1.54, 1.807) is 0 Å². The van der Waals surface area contributed by atoms with E-state index in [1.807, 2.05) is 26.0 Å². The van der Waals surface area contributed by atoms with E-state index in [4.69, 9.17) is 0 Å². The molecule has 0 saturated carbocycles. The minimum Gasteiger partial charge on any atom is -0.340 e. The molecule has 1 aliphatic rings. The Balaban J connectivity index is 1.67. The zero-order valence-corrected chi connectivity index (χ0v) is 14.3. The summed E-state index contributed by atoms with van der Waals surface area (Å²) in [5.41, 5.74) is 0. The van der Waals surface area contributed by atoms with E-state index in [0.29, 0.717) is 6.54 Å². The lowest BCUT2D eigenvalue weighted by Crippen LogP contribution is -2.41. The van der Waals surface area contributed by atoms with Gasteiger partial charge in [-0.2, -0.15) is 0 Å². The van der Waals surface area contributed by atoms with Crippen LogP contribution in [0.25, 0.3) is 0 Å². The number of aromatic nitrogens is 7. The van der Waals surface area contributed by atoms with Crippen molar-refractivity contribution in [2.45, 2.75) is 31.8 Å².